The first-order chi connectivity index (χ1) is 9.04. The van der Waals surface area contributed by atoms with Gasteiger partial charge in [-0.25, -0.2) is 5.43 Å². The highest BCUT2D eigenvalue weighted by Crippen LogP contribution is 2.33. The van der Waals surface area contributed by atoms with Gasteiger partial charge in [0.05, 0.1) is 15.1 Å². The van der Waals surface area contributed by atoms with Crippen molar-refractivity contribution in [2.75, 3.05) is 6.61 Å². The van der Waals surface area contributed by atoms with E-state index in [1.54, 1.807) is 12.2 Å². The van der Waals surface area contributed by atoms with Crippen molar-refractivity contribution in [3.05, 3.63) is 39.4 Å². The molecule has 0 fully saturated rings. The van der Waals surface area contributed by atoms with Gasteiger partial charge in [0.15, 0.2) is 6.61 Å². The Hall–Kier alpha value is -1.23. The summed E-state index contributed by atoms with van der Waals surface area (Å²) in [5.41, 5.74) is 2.29. The summed E-state index contributed by atoms with van der Waals surface area (Å²) in [5.74, 6) is -0.133. The predicted octanol–water partition coefficient (Wildman–Crippen LogP) is 3.70. The van der Waals surface area contributed by atoms with Crippen LogP contribution < -0.4 is 10.2 Å². The molecule has 0 spiro atoms. The molecule has 1 N–H and O–H groups in total. The minimum Gasteiger partial charge on any atom is -0.482 e. The number of hydrogen-bond donors (Lipinski definition) is 1. The van der Waals surface area contributed by atoms with Crippen molar-refractivity contribution in [3.8, 4) is 5.75 Å². The van der Waals surface area contributed by atoms with Crippen molar-refractivity contribution in [2.24, 2.45) is 5.10 Å². The first-order valence-electron chi connectivity index (χ1n) is 5.25. The SMILES string of the molecule is CC=CC=NNC(=O)COc1cc(Cl)c(Cl)cc1Cl. The highest BCUT2D eigenvalue weighted by atomic mass is 35.5. The molecular formula is C12H11Cl3N2O2. The Balaban J connectivity index is 2.53. The lowest BCUT2D eigenvalue weighted by atomic mass is 10.3. The van der Waals surface area contributed by atoms with Crippen molar-refractivity contribution in [2.45, 2.75) is 6.92 Å². The number of halogens is 3. The molecule has 0 bridgehead atoms. The van der Waals surface area contributed by atoms with E-state index < -0.39 is 5.91 Å². The summed E-state index contributed by atoms with van der Waals surface area (Å²) >= 11 is 17.5. The number of amides is 1. The number of carbonyl (C=O) groups is 1. The van der Waals surface area contributed by atoms with E-state index in [2.05, 4.69) is 10.5 Å². The summed E-state index contributed by atoms with van der Waals surface area (Å²) in [5, 5.41) is 4.55. The molecule has 0 aliphatic carbocycles. The maximum absolute atomic E-state index is 11.4. The molecule has 0 unspecified atom stereocenters. The lowest BCUT2D eigenvalue weighted by Crippen LogP contribution is -2.24. The zero-order valence-electron chi connectivity index (χ0n) is 9.99. The lowest BCUT2D eigenvalue weighted by molar-refractivity contribution is -0.123. The summed E-state index contributed by atoms with van der Waals surface area (Å²) < 4.78 is 5.21. The molecule has 1 rings (SSSR count). The van der Waals surface area contributed by atoms with Gasteiger partial charge < -0.3 is 4.74 Å². The molecule has 0 saturated heterocycles. The molecule has 4 nitrogen and oxygen atoms in total. The molecule has 0 radical (unpaired) electrons. The summed E-state index contributed by atoms with van der Waals surface area (Å²) in [6, 6.07) is 2.89. The normalized spacial score (nSPS) is 11.2. The zero-order chi connectivity index (χ0) is 14.3. The van der Waals surface area contributed by atoms with Gasteiger partial charge in [0.25, 0.3) is 5.91 Å². The molecule has 7 heteroatoms. The van der Waals surface area contributed by atoms with E-state index in [0.717, 1.165) is 0 Å². The average molecular weight is 322 g/mol. The largest absolute Gasteiger partial charge is 0.482 e. The Kier molecular flexibility index (Phi) is 6.70. The molecule has 19 heavy (non-hydrogen) atoms. The Morgan fingerprint density at radius 1 is 1.32 bits per heavy atom. The second-order valence-electron chi connectivity index (χ2n) is 3.32. The topological polar surface area (TPSA) is 50.7 Å². The number of benzene rings is 1. The number of nitrogens with one attached hydrogen (secondary N) is 1. The number of allylic oxidation sites excluding steroid dienone is 2. The minimum atomic E-state index is -0.414. The van der Waals surface area contributed by atoms with Crippen molar-refractivity contribution in [3.63, 3.8) is 0 Å². The zero-order valence-corrected chi connectivity index (χ0v) is 12.3. The third-order valence-electron chi connectivity index (χ3n) is 1.88. The highest BCUT2D eigenvalue weighted by Gasteiger charge is 2.09. The van der Waals surface area contributed by atoms with Crippen molar-refractivity contribution >= 4 is 46.9 Å². The lowest BCUT2D eigenvalue weighted by Gasteiger charge is -2.08. The fourth-order valence-electron chi connectivity index (χ4n) is 1.03. The van der Waals surface area contributed by atoms with Gasteiger partial charge in [-0.15, -0.1) is 0 Å². The average Bonchev–Trinajstić information content (AvgIpc) is 2.37. The van der Waals surface area contributed by atoms with E-state index in [0.29, 0.717) is 10.0 Å². The van der Waals surface area contributed by atoms with E-state index >= 15 is 0 Å². The van der Waals surface area contributed by atoms with E-state index in [4.69, 9.17) is 39.5 Å². The Bertz CT molecular complexity index is 516. The van der Waals surface area contributed by atoms with Crippen LogP contribution in [-0.2, 0) is 4.79 Å². The van der Waals surface area contributed by atoms with Crippen LogP contribution in [0.1, 0.15) is 6.92 Å². The number of hydrazone groups is 1. The van der Waals surface area contributed by atoms with Crippen molar-refractivity contribution in [1.82, 2.24) is 5.43 Å². The van der Waals surface area contributed by atoms with Gasteiger partial charge in [0, 0.05) is 12.3 Å². The molecular weight excluding hydrogens is 311 g/mol. The molecule has 0 heterocycles. The Labute approximate surface area is 126 Å². The number of ether oxygens (including phenoxy) is 1. The van der Waals surface area contributed by atoms with Gasteiger partial charge in [-0.05, 0) is 19.1 Å². The molecule has 0 aliphatic rings. The molecule has 0 atom stereocenters. The van der Waals surface area contributed by atoms with Crippen LogP contribution in [0.4, 0.5) is 0 Å². The number of carbonyl (C=O) groups excluding carboxylic acids is 1. The summed E-state index contributed by atoms with van der Waals surface area (Å²) in [6.07, 6.45) is 4.91. The Morgan fingerprint density at radius 2 is 2.00 bits per heavy atom. The van der Waals surface area contributed by atoms with Crippen LogP contribution in [0.15, 0.2) is 29.4 Å². The molecule has 1 aromatic carbocycles. The van der Waals surface area contributed by atoms with Gasteiger partial charge in [0.2, 0.25) is 0 Å². The van der Waals surface area contributed by atoms with Crippen LogP contribution in [0.5, 0.6) is 5.75 Å². The van der Waals surface area contributed by atoms with Crippen LogP contribution in [0.3, 0.4) is 0 Å². The fraction of sp³-hybridized carbons (Fsp3) is 0.167. The van der Waals surface area contributed by atoms with Crippen LogP contribution in [-0.4, -0.2) is 18.7 Å². The summed E-state index contributed by atoms with van der Waals surface area (Å²) in [6.45, 7) is 1.61. The van der Waals surface area contributed by atoms with Crippen LogP contribution >= 0.6 is 34.8 Å². The molecule has 0 saturated carbocycles. The van der Waals surface area contributed by atoms with Crippen molar-refractivity contribution in [1.29, 1.82) is 0 Å². The molecule has 102 valence electrons. The number of hydrogen-bond acceptors (Lipinski definition) is 3. The summed E-state index contributed by atoms with van der Waals surface area (Å²) in [4.78, 5) is 11.4. The van der Waals surface area contributed by atoms with Gasteiger partial charge in [-0.3, -0.25) is 4.79 Å². The standard InChI is InChI=1S/C12H11Cl3N2O2/c1-2-3-4-16-17-12(18)7-19-11-6-9(14)8(13)5-10(11)15/h2-6H,7H2,1H3,(H,17,18). The third-order valence-corrected chi connectivity index (χ3v) is 2.89. The minimum absolute atomic E-state index is 0.231. The third kappa shape index (κ3) is 5.51. The fourth-order valence-corrected chi connectivity index (χ4v) is 1.62. The number of rotatable bonds is 5. The first kappa shape index (κ1) is 15.8. The predicted molar refractivity (Wildman–Crippen MR) is 78.4 cm³/mol. The number of nitrogens with zero attached hydrogens (tertiary/aromatic N) is 1. The Morgan fingerprint density at radius 3 is 2.68 bits per heavy atom. The van der Waals surface area contributed by atoms with Gasteiger partial charge in [0.1, 0.15) is 5.75 Å². The van der Waals surface area contributed by atoms with Crippen LogP contribution in [0, 0.1) is 0 Å². The van der Waals surface area contributed by atoms with Gasteiger partial charge in [-0.1, -0.05) is 40.9 Å². The van der Waals surface area contributed by atoms with E-state index in [9.17, 15) is 4.79 Å². The maximum atomic E-state index is 11.4. The summed E-state index contributed by atoms with van der Waals surface area (Å²) in [7, 11) is 0. The van der Waals surface area contributed by atoms with Crippen LogP contribution in [0.25, 0.3) is 0 Å². The van der Waals surface area contributed by atoms with E-state index in [1.807, 2.05) is 6.92 Å². The van der Waals surface area contributed by atoms with Gasteiger partial charge in [-0.2, -0.15) is 5.10 Å². The first-order valence-corrected chi connectivity index (χ1v) is 6.38. The van der Waals surface area contributed by atoms with E-state index in [1.165, 1.54) is 18.3 Å². The maximum Gasteiger partial charge on any atom is 0.277 e. The van der Waals surface area contributed by atoms with Crippen LogP contribution in [0.2, 0.25) is 15.1 Å². The van der Waals surface area contributed by atoms with E-state index in [-0.39, 0.29) is 17.4 Å². The quantitative estimate of drug-likeness (QED) is 0.511. The monoisotopic (exact) mass is 320 g/mol. The highest BCUT2D eigenvalue weighted by molar-refractivity contribution is 6.43. The smallest absolute Gasteiger partial charge is 0.277 e. The molecule has 0 aliphatic heterocycles. The molecule has 0 aromatic heterocycles. The molecule has 1 amide bonds. The second-order valence-corrected chi connectivity index (χ2v) is 4.55. The second kappa shape index (κ2) is 8.04. The van der Waals surface area contributed by atoms with Crippen molar-refractivity contribution < 1.29 is 9.53 Å². The van der Waals surface area contributed by atoms with Gasteiger partial charge >= 0.3 is 0 Å². The molecule has 1 aromatic rings.